The van der Waals surface area contributed by atoms with Crippen molar-refractivity contribution in [2.45, 2.75) is 20.0 Å². The Bertz CT molecular complexity index is 727. The minimum Gasteiger partial charge on any atom is -0.451 e. The number of anilines is 1. The maximum Gasteiger partial charge on any atom is 0.326 e. The SMILES string of the molecule is Cc1ccc(C(=O)NCC(=O)OC(C)C(=O)Nc2ccccc2)s1. The van der Waals surface area contributed by atoms with E-state index in [0.29, 0.717) is 10.6 Å². The highest BCUT2D eigenvalue weighted by atomic mass is 32.1. The molecule has 0 aliphatic heterocycles. The van der Waals surface area contributed by atoms with E-state index in [-0.39, 0.29) is 12.5 Å². The summed E-state index contributed by atoms with van der Waals surface area (Å²) in [4.78, 5) is 37.0. The fourth-order valence-corrected chi connectivity index (χ4v) is 2.64. The molecule has 1 unspecified atom stereocenters. The monoisotopic (exact) mass is 346 g/mol. The number of aryl methyl sites for hydroxylation is 1. The highest BCUT2D eigenvalue weighted by Gasteiger charge is 2.18. The number of nitrogens with one attached hydrogen (secondary N) is 2. The van der Waals surface area contributed by atoms with E-state index in [1.54, 1.807) is 30.3 Å². The van der Waals surface area contributed by atoms with Crippen LogP contribution in [0.4, 0.5) is 5.69 Å². The summed E-state index contributed by atoms with van der Waals surface area (Å²) >= 11 is 1.34. The molecule has 2 N–H and O–H groups in total. The minimum atomic E-state index is -0.960. The van der Waals surface area contributed by atoms with Crippen LogP contribution in [0.25, 0.3) is 0 Å². The minimum absolute atomic E-state index is 0.293. The Morgan fingerprint density at radius 2 is 1.83 bits per heavy atom. The van der Waals surface area contributed by atoms with Crippen molar-refractivity contribution in [1.29, 1.82) is 0 Å². The Balaban J connectivity index is 1.77. The summed E-state index contributed by atoms with van der Waals surface area (Å²) in [5, 5.41) is 5.11. The van der Waals surface area contributed by atoms with E-state index in [0.717, 1.165) is 4.88 Å². The lowest BCUT2D eigenvalue weighted by Crippen LogP contribution is -2.35. The topological polar surface area (TPSA) is 84.5 Å². The molecule has 1 aromatic carbocycles. The third kappa shape index (κ3) is 5.20. The predicted octanol–water partition coefficient (Wildman–Crippen LogP) is 2.36. The van der Waals surface area contributed by atoms with Gasteiger partial charge in [0.25, 0.3) is 11.8 Å². The van der Waals surface area contributed by atoms with Gasteiger partial charge in [-0.05, 0) is 38.1 Å². The number of carbonyl (C=O) groups excluding carboxylic acids is 3. The van der Waals surface area contributed by atoms with Crippen LogP contribution < -0.4 is 10.6 Å². The summed E-state index contributed by atoms with van der Waals surface area (Å²) in [6.45, 7) is 3.07. The van der Waals surface area contributed by atoms with Crippen molar-refractivity contribution in [3.8, 4) is 0 Å². The summed E-state index contributed by atoms with van der Waals surface area (Å²) in [7, 11) is 0. The van der Waals surface area contributed by atoms with Crippen LogP contribution in [0, 0.1) is 6.92 Å². The van der Waals surface area contributed by atoms with Crippen molar-refractivity contribution in [3.05, 3.63) is 52.2 Å². The molecule has 7 heteroatoms. The first kappa shape index (κ1) is 17.7. The predicted molar refractivity (Wildman–Crippen MR) is 92.0 cm³/mol. The van der Waals surface area contributed by atoms with Crippen molar-refractivity contribution in [3.63, 3.8) is 0 Å². The van der Waals surface area contributed by atoms with Crippen LogP contribution in [0.15, 0.2) is 42.5 Å². The van der Waals surface area contributed by atoms with Crippen LogP contribution in [-0.2, 0) is 14.3 Å². The molecule has 24 heavy (non-hydrogen) atoms. The molecule has 2 rings (SSSR count). The normalized spacial score (nSPS) is 11.4. The van der Waals surface area contributed by atoms with E-state index < -0.39 is 18.0 Å². The van der Waals surface area contributed by atoms with E-state index in [1.165, 1.54) is 18.3 Å². The van der Waals surface area contributed by atoms with Gasteiger partial charge < -0.3 is 15.4 Å². The smallest absolute Gasteiger partial charge is 0.326 e. The zero-order chi connectivity index (χ0) is 17.5. The van der Waals surface area contributed by atoms with Gasteiger partial charge in [0, 0.05) is 10.6 Å². The average molecular weight is 346 g/mol. The lowest BCUT2D eigenvalue weighted by Gasteiger charge is -2.13. The van der Waals surface area contributed by atoms with Crippen molar-refractivity contribution in [2.75, 3.05) is 11.9 Å². The molecule has 1 atom stereocenters. The van der Waals surface area contributed by atoms with Gasteiger partial charge in [-0.3, -0.25) is 14.4 Å². The first-order valence-electron chi connectivity index (χ1n) is 7.35. The van der Waals surface area contributed by atoms with Crippen molar-refractivity contribution in [2.24, 2.45) is 0 Å². The van der Waals surface area contributed by atoms with Gasteiger partial charge in [0.2, 0.25) is 0 Å². The number of thiophene rings is 1. The van der Waals surface area contributed by atoms with Gasteiger partial charge in [0.05, 0.1) is 4.88 Å². The molecule has 0 saturated heterocycles. The molecule has 0 fully saturated rings. The Morgan fingerprint density at radius 3 is 2.46 bits per heavy atom. The Hall–Kier alpha value is -2.67. The van der Waals surface area contributed by atoms with Crippen molar-refractivity contribution < 1.29 is 19.1 Å². The fraction of sp³-hybridized carbons (Fsp3) is 0.235. The lowest BCUT2D eigenvalue weighted by atomic mass is 10.3. The van der Waals surface area contributed by atoms with Gasteiger partial charge in [-0.25, -0.2) is 0 Å². The molecular formula is C17H18N2O4S. The van der Waals surface area contributed by atoms with Crippen LogP contribution >= 0.6 is 11.3 Å². The van der Waals surface area contributed by atoms with Gasteiger partial charge in [0.15, 0.2) is 6.10 Å². The Labute approximate surface area is 143 Å². The van der Waals surface area contributed by atoms with Gasteiger partial charge in [0.1, 0.15) is 6.54 Å². The van der Waals surface area contributed by atoms with Crippen LogP contribution in [0.5, 0.6) is 0 Å². The van der Waals surface area contributed by atoms with Gasteiger partial charge in [-0.15, -0.1) is 11.3 Å². The molecule has 0 aliphatic rings. The molecule has 0 radical (unpaired) electrons. The number of ether oxygens (including phenoxy) is 1. The van der Waals surface area contributed by atoms with Gasteiger partial charge in [-0.1, -0.05) is 18.2 Å². The maximum absolute atomic E-state index is 11.9. The fourth-order valence-electron chi connectivity index (χ4n) is 1.85. The molecule has 1 aromatic heterocycles. The largest absolute Gasteiger partial charge is 0.451 e. The molecule has 0 saturated carbocycles. The van der Waals surface area contributed by atoms with Crippen LogP contribution in [0.2, 0.25) is 0 Å². The summed E-state index contributed by atoms with van der Waals surface area (Å²) in [6, 6.07) is 12.4. The van der Waals surface area contributed by atoms with Gasteiger partial charge in [-0.2, -0.15) is 0 Å². The Morgan fingerprint density at radius 1 is 1.12 bits per heavy atom. The zero-order valence-electron chi connectivity index (χ0n) is 13.4. The first-order chi connectivity index (χ1) is 11.5. The number of hydrogen-bond donors (Lipinski definition) is 2. The summed E-state index contributed by atoms with van der Waals surface area (Å²) in [6.07, 6.45) is -0.960. The molecule has 1 heterocycles. The highest BCUT2D eigenvalue weighted by molar-refractivity contribution is 7.13. The quantitative estimate of drug-likeness (QED) is 0.787. The van der Waals surface area contributed by atoms with Gasteiger partial charge >= 0.3 is 5.97 Å². The van der Waals surface area contributed by atoms with E-state index in [1.807, 2.05) is 19.1 Å². The Kier molecular flexibility index (Phi) is 6.08. The molecule has 2 amide bonds. The molecular weight excluding hydrogens is 328 g/mol. The van der Waals surface area contributed by atoms with Crippen LogP contribution in [0.3, 0.4) is 0 Å². The van der Waals surface area contributed by atoms with E-state index in [4.69, 9.17) is 4.74 Å². The number of carbonyl (C=O) groups is 3. The number of amides is 2. The van der Waals surface area contributed by atoms with E-state index in [9.17, 15) is 14.4 Å². The molecule has 126 valence electrons. The third-order valence-corrected chi connectivity index (χ3v) is 4.08. The molecule has 0 aliphatic carbocycles. The number of para-hydroxylation sites is 1. The number of hydrogen-bond acceptors (Lipinski definition) is 5. The van der Waals surface area contributed by atoms with Crippen molar-refractivity contribution >= 4 is 34.8 Å². The summed E-state index contributed by atoms with van der Waals surface area (Å²) in [5.74, 6) is -1.45. The number of esters is 1. The van der Waals surface area contributed by atoms with E-state index in [2.05, 4.69) is 10.6 Å². The average Bonchev–Trinajstić information content (AvgIpc) is 3.00. The van der Waals surface area contributed by atoms with Crippen LogP contribution in [0.1, 0.15) is 21.5 Å². The maximum atomic E-state index is 11.9. The van der Waals surface area contributed by atoms with Crippen LogP contribution in [-0.4, -0.2) is 30.4 Å². The molecule has 0 spiro atoms. The summed E-state index contributed by atoms with van der Waals surface area (Å²) < 4.78 is 5.01. The zero-order valence-corrected chi connectivity index (χ0v) is 14.2. The first-order valence-corrected chi connectivity index (χ1v) is 8.17. The molecule has 2 aromatic rings. The standard InChI is InChI=1S/C17H18N2O4S/c1-11-8-9-14(24-11)17(22)18-10-15(20)23-12(2)16(21)19-13-6-4-3-5-7-13/h3-9,12H,10H2,1-2H3,(H,18,22)(H,19,21). The number of rotatable bonds is 6. The second kappa shape index (κ2) is 8.26. The molecule has 6 nitrogen and oxygen atoms in total. The second-order valence-electron chi connectivity index (χ2n) is 5.08. The second-order valence-corrected chi connectivity index (χ2v) is 6.37. The molecule has 0 bridgehead atoms. The number of benzene rings is 1. The lowest BCUT2D eigenvalue weighted by molar-refractivity contribution is -0.152. The third-order valence-electron chi connectivity index (χ3n) is 3.08. The summed E-state index contributed by atoms with van der Waals surface area (Å²) in [5.41, 5.74) is 0.617. The highest BCUT2D eigenvalue weighted by Crippen LogP contribution is 2.14. The van der Waals surface area contributed by atoms with E-state index >= 15 is 0 Å². The van der Waals surface area contributed by atoms with Crippen molar-refractivity contribution in [1.82, 2.24) is 5.32 Å².